The van der Waals surface area contributed by atoms with Crippen LogP contribution in [0.5, 0.6) is 17.5 Å². The molecule has 13 rings (SSSR count). The second-order valence-corrected chi connectivity index (χ2v) is 26.8. The van der Waals surface area contributed by atoms with Gasteiger partial charge in [0.1, 0.15) is 52.5 Å². The lowest BCUT2D eigenvalue weighted by Gasteiger charge is -2.40. The smallest absolute Gasteiger partial charge is 0.319 e. The summed E-state index contributed by atoms with van der Waals surface area (Å²) in [7, 11) is 0. The molecule has 4 saturated heterocycles. The third-order valence-electron chi connectivity index (χ3n) is 18.7. The van der Waals surface area contributed by atoms with Gasteiger partial charge in [-0.25, -0.2) is 13.8 Å². The number of phenols is 1. The second-order valence-electron chi connectivity index (χ2n) is 25.9. The Morgan fingerprint density at radius 3 is 2.40 bits per heavy atom. The summed E-state index contributed by atoms with van der Waals surface area (Å²) in [6, 6.07) is 17.9. The molecule has 5 aliphatic heterocycles. The number of halogens is 2. The monoisotopic (exact) mass is 1190 g/mol. The van der Waals surface area contributed by atoms with Gasteiger partial charge in [0, 0.05) is 87.1 Å². The number of piperazine rings is 1. The average molecular weight is 1190 g/mol. The van der Waals surface area contributed by atoms with Crippen molar-refractivity contribution < 1.29 is 42.9 Å². The summed E-state index contributed by atoms with van der Waals surface area (Å²) in [5.41, 5.74) is 5.85. The van der Waals surface area contributed by atoms with E-state index < -0.39 is 35.2 Å². The van der Waals surface area contributed by atoms with E-state index in [-0.39, 0.29) is 95.4 Å². The van der Waals surface area contributed by atoms with Crippen molar-refractivity contribution >= 4 is 56.6 Å². The maximum absolute atomic E-state index is 17.3. The molecule has 8 heterocycles. The van der Waals surface area contributed by atoms with Gasteiger partial charge in [-0.15, -0.1) is 11.3 Å². The van der Waals surface area contributed by atoms with Gasteiger partial charge >= 0.3 is 6.01 Å². The van der Waals surface area contributed by atoms with Gasteiger partial charge in [-0.05, 0) is 134 Å². The van der Waals surface area contributed by atoms with E-state index in [1.807, 2.05) is 83.5 Å². The number of aromatic hydroxyl groups is 1. The van der Waals surface area contributed by atoms with Gasteiger partial charge in [-0.2, -0.15) is 9.97 Å². The summed E-state index contributed by atoms with van der Waals surface area (Å²) >= 11 is 1.58. The van der Waals surface area contributed by atoms with Crippen LogP contribution in [0.3, 0.4) is 0 Å². The number of aliphatic hydroxyl groups is 1. The molecule has 450 valence electrons. The first-order valence-corrected chi connectivity index (χ1v) is 31.2. The number of piperidine rings is 1. The highest BCUT2D eigenvalue weighted by Crippen LogP contribution is 2.48. The number of pyridine rings is 1. The van der Waals surface area contributed by atoms with E-state index in [9.17, 15) is 24.6 Å². The van der Waals surface area contributed by atoms with Crippen LogP contribution in [0.15, 0.2) is 78.4 Å². The van der Waals surface area contributed by atoms with Crippen LogP contribution in [0.1, 0.15) is 118 Å². The predicted octanol–water partition coefficient (Wildman–Crippen LogP) is 9.68. The highest BCUT2D eigenvalue weighted by Gasteiger charge is 2.50. The molecule has 4 N–H and O–H groups in total. The lowest BCUT2D eigenvalue weighted by Crippen LogP contribution is -2.58. The standard InChI is InChI=1S/C66H74F2N10O7S/c1-7-48-52(67)17-12-40-24-44(79)26-50(54(40)48)56-55(68)57-51(28-69-56)60(76-30-42-13-14-43(31-76)72-42)74-64(73-57)84-34-66(20-21-66)33-75-22-18-46(19-23-75)85-47-15-16-49-41(25-47)29-78(62(49)82)59(65(4,5)6)63(83)77-32-45(80)27-53(77)61(81)71-36(2)38-8-10-39(11-9-38)58-37(3)70-35-86-58/h8-12,15-17,24-26,28,35-36,42-43,45-46,53,59,72,79-80H,7,13-14,18-23,27,29-34H2,1-6H3,(H,71,81)/t36-,42?,43?,45+,53-,59+/m0/s1. The zero-order valence-corrected chi connectivity index (χ0v) is 50.4. The number of carbonyl (C=O) groups excluding carboxylic acids is 3. The van der Waals surface area contributed by atoms with Gasteiger partial charge in [-0.1, -0.05) is 58.0 Å². The molecule has 6 aliphatic rings. The molecule has 0 spiro atoms. The summed E-state index contributed by atoms with van der Waals surface area (Å²) in [6.07, 6.45) is 6.66. The van der Waals surface area contributed by atoms with Gasteiger partial charge < -0.3 is 49.9 Å². The number of hydrogen-bond acceptors (Lipinski definition) is 15. The number of fused-ring (bicyclic) bond motifs is 5. The van der Waals surface area contributed by atoms with E-state index in [4.69, 9.17) is 19.4 Å². The number of hydrogen-bond donors (Lipinski definition) is 4. The molecule has 86 heavy (non-hydrogen) atoms. The molecule has 7 aromatic rings. The molecule has 3 aromatic heterocycles. The molecule has 5 fully saturated rings. The Kier molecular flexibility index (Phi) is 15.2. The fourth-order valence-corrected chi connectivity index (χ4v) is 14.9. The molecule has 1 aliphatic carbocycles. The van der Waals surface area contributed by atoms with Crippen LogP contribution in [-0.4, -0.2) is 145 Å². The fourth-order valence-electron chi connectivity index (χ4n) is 14.0. The van der Waals surface area contributed by atoms with E-state index in [2.05, 4.69) is 30.4 Å². The molecular formula is C66H74F2N10O7S. The zero-order valence-electron chi connectivity index (χ0n) is 49.5. The zero-order chi connectivity index (χ0) is 59.9. The molecule has 17 nitrogen and oxygen atoms in total. The highest BCUT2D eigenvalue weighted by atomic mass is 32.1. The number of nitrogens with one attached hydrogen (secondary N) is 2. The van der Waals surface area contributed by atoms with E-state index in [0.29, 0.717) is 65.0 Å². The Morgan fingerprint density at radius 2 is 1.70 bits per heavy atom. The number of ether oxygens (including phenoxy) is 2. The number of thiazole rings is 1. The molecular weight excluding hydrogens is 1110 g/mol. The van der Waals surface area contributed by atoms with Gasteiger partial charge in [0.15, 0.2) is 5.82 Å². The van der Waals surface area contributed by atoms with Crippen LogP contribution in [0.25, 0.3) is 43.4 Å². The van der Waals surface area contributed by atoms with Crippen LogP contribution < -0.4 is 25.0 Å². The number of phenolic OH excluding ortho intramolecular Hbond substituents is 1. The first kappa shape index (κ1) is 57.7. The number of rotatable bonds is 16. The topological polar surface area (TPSA) is 199 Å². The van der Waals surface area contributed by atoms with Crippen molar-refractivity contribution in [3.63, 3.8) is 0 Å². The van der Waals surface area contributed by atoms with Crippen molar-refractivity contribution in [3.05, 3.63) is 118 Å². The Labute approximate surface area is 503 Å². The van der Waals surface area contributed by atoms with E-state index in [0.717, 1.165) is 85.4 Å². The third-order valence-corrected chi connectivity index (χ3v) is 19.7. The number of carbonyl (C=O) groups is 3. The Bertz CT molecular complexity index is 3780. The van der Waals surface area contributed by atoms with Crippen molar-refractivity contribution in [2.24, 2.45) is 10.8 Å². The quantitative estimate of drug-likeness (QED) is 0.0713. The van der Waals surface area contributed by atoms with Crippen LogP contribution in [-0.2, 0) is 22.6 Å². The predicted molar refractivity (Wildman–Crippen MR) is 325 cm³/mol. The normalized spacial score (nSPS) is 22.0. The number of amides is 3. The Hall–Kier alpha value is -7.39. The molecule has 1 saturated carbocycles. The van der Waals surface area contributed by atoms with Gasteiger partial charge in [0.25, 0.3) is 5.91 Å². The molecule has 6 atom stereocenters. The first-order chi connectivity index (χ1) is 41.3. The maximum atomic E-state index is 17.3. The minimum atomic E-state index is -0.919. The van der Waals surface area contributed by atoms with Crippen LogP contribution >= 0.6 is 11.3 Å². The molecule has 2 unspecified atom stereocenters. The lowest BCUT2D eigenvalue weighted by atomic mass is 9.84. The third kappa shape index (κ3) is 11.1. The van der Waals surface area contributed by atoms with E-state index >= 15 is 8.78 Å². The van der Waals surface area contributed by atoms with Crippen LogP contribution in [0.2, 0.25) is 0 Å². The second kappa shape index (κ2) is 22.7. The van der Waals surface area contributed by atoms with Gasteiger partial charge in [0.05, 0.1) is 40.2 Å². The van der Waals surface area contributed by atoms with Crippen molar-refractivity contribution in [2.45, 2.75) is 142 Å². The highest BCUT2D eigenvalue weighted by molar-refractivity contribution is 7.13. The molecule has 0 radical (unpaired) electrons. The average Bonchev–Trinajstić information content (AvgIpc) is 0.992. The molecule has 2 bridgehead atoms. The van der Waals surface area contributed by atoms with E-state index in [1.165, 1.54) is 17.0 Å². The minimum Gasteiger partial charge on any atom is -0.508 e. The van der Waals surface area contributed by atoms with Crippen LogP contribution in [0, 0.1) is 29.4 Å². The maximum Gasteiger partial charge on any atom is 0.319 e. The fraction of sp³-hybridized carbons (Fsp3) is 0.470. The summed E-state index contributed by atoms with van der Waals surface area (Å²) in [5.74, 6) is -0.975. The molecule has 20 heteroatoms. The largest absolute Gasteiger partial charge is 0.508 e. The lowest BCUT2D eigenvalue weighted by molar-refractivity contribution is -0.145. The van der Waals surface area contributed by atoms with Crippen molar-refractivity contribution in [2.75, 3.05) is 50.8 Å². The molecule has 4 aromatic carbocycles. The summed E-state index contributed by atoms with van der Waals surface area (Å²) < 4.78 is 45.7. The number of aromatic nitrogens is 4. The summed E-state index contributed by atoms with van der Waals surface area (Å²) in [4.78, 5) is 70.7. The number of nitrogens with zero attached hydrogens (tertiary/aromatic N) is 8. The van der Waals surface area contributed by atoms with Gasteiger partial charge in [0.2, 0.25) is 11.8 Å². The number of β-amino-alcohol motifs (C(OH)–C–C–N with tert-alkyl or cyclic N) is 1. The molecule has 3 amide bonds. The number of aliphatic hydroxyl groups excluding tert-OH is 1. The number of likely N-dealkylation sites (tertiary alicyclic amines) is 2. The first-order valence-electron chi connectivity index (χ1n) is 30.4. The number of anilines is 1. The summed E-state index contributed by atoms with van der Waals surface area (Å²) in [6.45, 7) is 15.8. The number of benzene rings is 4. The Balaban J connectivity index is 0.650. The van der Waals surface area contributed by atoms with Gasteiger partial charge in [-0.3, -0.25) is 19.4 Å². The van der Waals surface area contributed by atoms with E-state index in [1.54, 1.807) is 40.6 Å². The van der Waals surface area contributed by atoms with Crippen LogP contribution in [0.4, 0.5) is 14.6 Å². The minimum absolute atomic E-state index is 0.0180. The Morgan fingerprint density at radius 1 is 0.942 bits per heavy atom. The summed E-state index contributed by atoms with van der Waals surface area (Å²) in [5, 5.41) is 30.1. The van der Waals surface area contributed by atoms with Crippen molar-refractivity contribution in [3.8, 4) is 39.2 Å². The van der Waals surface area contributed by atoms with Crippen molar-refractivity contribution in [1.29, 1.82) is 0 Å². The van der Waals surface area contributed by atoms with Crippen molar-refractivity contribution in [1.82, 2.24) is 45.3 Å². The SMILES string of the molecule is CCc1c(F)ccc2cc(O)cc(-c3ncc4c(N5CC6CCC(C5)N6)nc(OCC5(CN6CCC(Oc7ccc8c(c7)CN([C@H](C(=O)N7C[C@H](O)C[C@H]7C(=O)N[C@@H](C)c7ccc(-c9scnc9C)cc7)C(C)(C)C)C8=O)CC6)CC5)nc4c3F)c12. The number of aryl methyl sites for hydroxylation is 2.